The van der Waals surface area contributed by atoms with Crippen molar-refractivity contribution in [2.24, 2.45) is 0 Å². The largest absolute Gasteiger partial charge is 0.412 e. The molecule has 0 heterocycles. The maximum atomic E-state index is 2.34. The third-order valence-corrected chi connectivity index (χ3v) is 6.28. The molecule has 4 N–H and O–H groups in total. The zero-order valence-electron chi connectivity index (χ0n) is 7.27. The van der Waals surface area contributed by atoms with Gasteiger partial charge in [-0.15, -0.1) is 0 Å². The first-order valence-electron chi connectivity index (χ1n) is 3.91. The maximum Gasteiger partial charge on any atom is -0.412 e. The van der Waals surface area contributed by atoms with E-state index < -0.39 is 0 Å². The van der Waals surface area contributed by atoms with Crippen LogP contribution in [0.5, 0.6) is 0 Å². The van der Waals surface area contributed by atoms with Crippen molar-refractivity contribution in [2.75, 3.05) is 0 Å². The monoisotopic (exact) mass is 286 g/mol. The summed E-state index contributed by atoms with van der Waals surface area (Å²) in [6, 6.07) is 0. The molecule has 3 heteroatoms. The van der Waals surface area contributed by atoms with Gasteiger partial charge in [-0.2, -0.15) is 0 Å². The molecule has 2 aliphatic rings. The van der Waals surface area contributed by atoms with Gasteiger partial charge in [-0.25, -0.2) is 0 Å². The topological polar surface area (TPSA) is 63.0 Å². The van der Waals surface area contributed by atoms with Gasteiger partial charge >= 0.3 is 77.6 Å². The minimum absolute atomic E-state index is 0. The molecule has 0 spiro atoms. The first-order valence-corrected chi connectivity index (χ1v) is 7.21. The van der Waals surface area contributed by atoms with Crippen LogP contribution in [0.2, 0.25) is 7.87 Å². The summed E-state index contributed by atoms with van der Waals surface area (Å²) < 4.78 is 1.69. The fourth-order valence-electron chi connectivity index (χ4n) is 1.31. The van der Waals surface area contributed by atoms with E-state index in [1.165, 1.54) is 0 Å². The number of hydrogen-bond acceptors (Lipinski definition) is 0. The van der Waals surface area contributed by atoms with Crippen LogP contribution < -0.4 is 0 Å². The summed E-state index contributed by atoms with van der Waals surface area (Å²) in [5.74, 6) is 0. The van der Waals surface area contributed by atoms with Gasteiger partial charge < -0.3 is 11.0 Å². The maximum absolute atomic E-state index is 2.34. The van der Waals surface area contributed by atoms with E-state index in [0.29, 0.717) is 0 Å². The van der Waals surface area contributed by atoms with Crippen LogP contribution in [0, 0.1) is 0 Å². The molecule has 0 saturated heterocycles. The van der Waals surface area contributed by atoms with Crippen molar-refractivity contribution in [1.29, 1.82) is 0 Å². The van der Waals surface area contributed by atoms with Gasteiger partial charge in [-0.3, -0.25) is 0 Å². The molecule has 70 valence electrons. The number of hydrogen-bond donors (Lipinski definition) is 0. The Balaban J connectivity index is 0.000000720. The van der Waals surface area contributed by atoms with Gasteiger partial charge in [0.05, 0.1) is 0 Å². The molecule has 0 aromatic carbocycles. The summed E-state index contributed by atoms with van der Waals surface area (Å²) in [7, 11) is 0. The molecule has 0 unspecified atom stereocenters. The van der Waals surface area contributed by atoms with Crippen molar-refractivity contribution in [3.8, 4) is 0 Å². The first-order chi connectivity index (χ1) is 5.45. The third kappa shape index (κ3) is 3.50. The zero-order valence-corrected chi connectivity index (χ0v) is 10.1. The molecule has 2 radical (unpaired) electrons. The molecule has 2 aliphatic carbocycles. The number of allylic oxidation sites excluding steroid dienone is 8. The average Bonchev–Trinajstić information content (AvgIpc) is 2.60. The van der Waals surface area contributed by atoms with Crippen LogP contribution in [0.1, 0.15) is 0 Å². The fourth-order valence-corrected chi connectivity index (χ4v) is 5.11. The van der Waals surface area contributed by atoms with Crippen LogP contribution in [0.4, 0.5) is 0 Å². The Morgan fingerprint density at radius 2 is 0.923 bits per heavy atom. The van der Waals surface area contributed by atoms with Gasteiger partial charge in [-0.05, 0) is 0 Å². The molecule has 2 rings (SSSR count). The van der Waals surface area contributed by atoms with Crippen molar-refractivity contribution in [2.45, 2.75) is 7.87 Å². The van der Waals surface area contributed by atoms with E-state index in [-0.39, 0.29) is 32.1 Å². The van der Waals surface area contributed by atoms with Crippen LogP contribution in [0.3, 0.4) is 0 Å². The summed E-state index contributed by atoms with van der Waals surface area (Å²) in [5, 5.41) is 0. The summed E-state index contributed by atoms with van der Waals surface area (Å²) in [4.78, 5) is 0. The predicted octanol–water partition coefficient (Wildman–Crippen LogP) is 0.870. The quantitative estimate of drug-likeness (QED) is 0.676. The minimum atomic E-state index is -0.256. The van der Waals surface area contributed by atoms with E-state index in [0.717, 1.165) is 7.87 Å². The van der Waals surface area contributed by atoms with Gasteiger partial charge in [-0.1, -0.05) is 0 Å². The Morgan fingerprint density at radius 3 is 1.23 bits per heavy atom. The van der Waals surface area contributed by atoms with Crippen molar-refractivity contribution in [3.05, 3.63) is 48.6 Å². The van der Waals surface area contributed by atoms with E-state index in [1.807, 2.05) is 0 Å². The molecular formula is C10H14O2Sn. The zero-order chi connectivity index (χ0) is 7.52. The second-order valence-corrected chi connectivity index (χ2v) is 7.51. The van der Waals surface area contributed by atoms with Crippen LogP contribution in [-0.4, -0.2) is 32.1 Å². The molecule has 0 bridgehead atoms. The summed E-state index contributed by atoms with van der Waals surface area (Å²) in [6.45, 7) is 0. The van der Waals surface area contributed by atoms with E-state index in [4.69, 9.17) is 0 Å². The Hall–Kier alpha value is -0.321. The summed E-state index contributed by atoms with van der Waals surface area (Å²) in [6.07, 6.45) is 18.1. The normalized spacial score (nSPS) is 19.1. The second kappa shape index (κ2) is 6.18. The SMILES string of the molecule is C1=C[CH]([Sn][CH]2C=CC=C2)C=C1.O.O. The molecule has 0 aromatic rings. The van der Waals surface area contributed by atoms with E-state index in [1.54, 1.807) is 0 Å². The van der Waals surface area contributed by atoms with Gasteiger partial charge in [0.2, 0.25) is 0 Å². The Bertz CT molecular complexity index is 204. The van der Waals surface area contributed by atoms with Crippen LogP contribution in [-0.2, 0) is 0 Å². The Labute approximate surface area is 88.6 Å². The van der Waals surface area contributed by atoms with E-state index >= 15 is 0 Å². The van der Waals surface area contributed by atoms with Crippen LogP contribution >= 0.6 is 0 Å². The summed E-state index contributed by atoms with van der Waals surface area (Å²) in [5.41, 5.74) is 0. The predicted molar refractivity (Wildman–Crippen MR) is 57.0 cm³/mol. The average molecular weight is 285 g/mol. The summed E-state index contributed by atoms with van der Waals surface area (Å²) >= 11 is -0.256. The van der Waals surface area contributed by atoms with Crippen molar-refractivity contribution >= 4 is 21.1 Å². The van der Waals surface area contributed by atoms with Crippen LogP contribution in [0.15, 0.2) is 48.6 Å². The van der Waals surface area contributed by atoms with Gasteiger partial charge in [0, 0.05) is 0 Å². The van der Waals surface area contributed by atoms with E-state index in [2.05, 4.69) is 48.6 Å². The standard InChI is InChI=1S/2C5H5.2H2O.Sn/c2*1-2-4-5-3-1;;;/h2*1-5H;2*1H2;. The van der Waals surface area contributed by atoms with Gasteiger partial charge in [0.15, 0.2) is 0 Å². The smallest absolute Gasteiger partial charge is 0.412 e. The number of rotatable bonds is 2. The molecule has 0 aromatic heterocycles. The molecule has 0 saturated carbocycles. The van der Waals surface area contributed by atoms with Crippen LogP contribution in [0.25, 0.3) is 0 Å². The third-order valence-electron chi connectivity index (χ3n) is 1.88. The van der Waals surface area contributed by atoms with Crippen molar-refractivity contribution in [3.63, 3.8) is 0 Å². The molecule has 0 aliphatic heterocycles. The minimum Gasteiger partial charge on any atom is -0.412 e. The van der Waals surface area contributed by atoms with Crippen molar-refractivity contribution in [1.82, 2.24) is 0 Å². The molecule has 2 nitrogen and oxygen atoms in total. The second-order valence-electron chi connectivity index (χ2n) is 2.76. The molecular weight excluding hydrogens is 271 g/mol. The fraction of sp³-hybridized carbons (Fsp3) is 0.200. The van der Waals surface area contributed by atoms with Gasteiger partial charge in [0.25, 0.3) is 0 Å². The van der Waals surface area contributed by atoms with Crippen molar-refractivity contribution < 1.29 is 11.0 Å². The Morgan fingerprint density at radius 1 is 0.615 bits per heavy atom. The molecule has 13 heavy (non-hydrogen) atoms. The molecule has 0 atom stereocenters. The first kappa shape index (κ1) is 12.7. The van der Waals surface area contributed by atoms with E-state index in [9.17, 15) is 0 Å². The molecule has 0 amide bonds. The molecule has 0 fully saturated rings. The van der Waals surface area contributed by atoms with Gasteiger partial charge in [0.1, 0.15) is 0 Å². The Kier molecular flexibility index (Phi) is 6.03.